The summed E-state index contributed by atoms with van der Waals surface area (Å²) in [5, 5.41) is 0. The number of methoxy groups -OCH3 is 1. The Balaban J connectivity index is 2.30. The topological polar surface area (TPSA) is 55.6 Å². The largest absolute Gasteiger partial charge is 0.468 e. The SMILES string of the molecule is CCCC1CCN(CCC(C)(N)C(=O)OC)C1. The van der Waals surface area contributed by atoms with Gasteiger partial charge in [0.2, 0.25) is 0 Å². The van der Waals surface area contributed by atoms with Crippen LogP contribution < -0.4 is 5.73 Å². The van der Waals surface area contributed by atoms with Crippen LogP contribution in [0.4, 0.5) is 0 Å². The van der Waals surface area contributed by atoms with Crippen LogP contribution in [0.1, 0.15) is 39.5 Å². The van der Waals surface area contributed by atoms with Gasteiger partial charge < -0.3 is 15.4 Å². The van der Waals surface area contributed by atoms with E-state index in [9.17, 15) is 4.79 Å². The van der Waals surface area contributed by atoms with E-state index in [1.165, 1.54) is 26.4 Å². The molecule has 0 aliphatic carbocycles. The number of likely N-dealkylation sites (tertiary alicyclic amines) is 1. The molecule has 0 aromatic carbocycles. The molecule has 1 heterocycles. The molecular weight excluding hydrogens is 216 g/mol. The number of nitrogens with zero attached hydrogens (tertiary/aromatic N) is 1. The second-order valence-corrected chi connectivity index (χ2v) is 5.40. The number of ether oxygens (including phenoxy) is 1. The van der Waals surface area contributed by atoms with Crippen molar-refractivity contribution in [3.63, 3.8) is 0 Å². The summed E-state index contributed by atoms with van der Waals surface area (Å²) < 4.78 is 4.71. The van der Waals surface area contributed by atoms with Crippen molar-refractivity contribution in [2.24, 2.45) is 11.7 Å². The maximum absolute atomic E-state index is 11.4. The number of nitrogens with two attached hydrogens (primary N) is 1. The second kappa shape index (κ2) is 6.36. The summed E-state index contributed by atoms with van der Waals surface area (Å²) >= 11 is 0. The zero-order chi connectivity index (χ0) is 12.9. The zero-order valence-corrected chi connectivity index (χ0v) is 11.4. The molecule has 17 heavy (non-hydrogen) atoms. The molecule has 2 atom stereocenters. The highest BCUT2D eigenvalue weighted by atomic mass is 16.5. The van der Waals surface area contributed by atoms with E-state index in [1.54, 1.807) is 6.92 Å². The number of hydrogen-bond acceptors (Lipinski definition) is 4. The Hall–Kier alpha value is -0.610. The average molecular weight is 242 g/mol. The Bertz CT molecular complexity index is 254. The van der Waals surface area contributed by atoms with Gasteiger partial charge in [-0.15, -0.1) is 0 Å². The number of carbonyl (C=O) groups is 1. The van der Waals surface area contributed by atoms with E-state index >= 15 is 0 Å². The lowest BCUT2D eigenvalue weighted by molar-refractivity contribution is -0.146. The molecule has 0 radical (unpaired) electrons. The number of rotatable bonds is 6. The van der Waals surface area contributed by atoms with E-state index in [0.29, 0.717) is 6.42 Å². The van der Waals surface area contributed by atoms with E-state index in [4.69, 9.17) is 10.5 Å². The van der Waals surface area contributed by atoms with Gasteiger partial charge in [-0.2, -0.15) is 0 Å². The fourth-order valence-electron chi connectivity index (χ4n) is 2.49. The monoisotopic (exact) mass is 242 g/mol. The van der Waals surface area contributed by atoms with Gasteiger partial charge in [-0.1, -0.05) is 13.3 Å². The normalized spacial score (nSPS) is 24.6. The minimum absolute atomic E-state index is 0.318. The molecule has 1 aliphatic rings. The smallest absolute Gasteiger partial charge is 0.325 e. The third-order valence-corrected chi connectivity index (χ3v) is 3.67. The maximum Gasteiger partial charge on any atom is 0.325 e. The molecular formula is C13H26N2O2. The van der Waals surface area contributed by atoms with Crippen LogP contribution in [0.3, 0.4) is 0 Å². The van der Waals surface area contributed by atoms with Gasteiger partial charge in [0.05, 0.1) is 7.11 Å². The lowest BCUT2D eigenvalue weighted by Gasteiger charge is -2.24. The molecule has 1 saturated heterocycles. The lowest BCUT2D eigenvalue weighted by atomic mass is 9.99. The lowest BCUT2D eigenvalue weighted by Crippen LogP contribution is -2.48. The number of esters is 1. The van der Waals surface area contributed by atoms with Crippen molar-refractivity contribution in [2.75, 3.05) is 26.7 Å². The molecule has 1 fully saturated rings. The molecule has 0 amide bonds. The molecule has 2 N–H and O–H groups in total. The van der Waals surface area contributed by atoms with Crippen LogP contribution in [0.25, 0.3) is 0 Å². The van der Waals surface area contributed by atoms with Gasteiger partial charge in [-0.05, 0) is 38.6 Å². The fraction of sp³-hybridized carbons (Fsp3) is 0.923. The number of hydrogen-bond donors (Lipinski definition) is 1. The summed E-state index contributed by atoms with van der Waals surface area (Å²) in [6, 6.07) is 0. The minimum Gasteiger partial charge on any atom is -0.468 e. The van der Waals surface area contributed by atoms with Crippen molar-refractivity contribution in [3.05, 3.63) is 0 Å². The van der Waals surface area contributed by atoms with Crippen LogP contribution in [0.15, 0.2) is 0 Å². The Labute approximate surface area is 104 Å². The Kier molecular flexibility index (Phi) is 5.40. The average Bonchev–Trinajstić information content (AvgIpc) is 2.74. The molecule has 4 nitrogen and oxygen atoms in total. The van der Waals surface area contributed by atoms with Gasteiger partial charge in [0.25, 0.3) is 0 Å². The van der Waals surface area contributed by atoms with Crippen molar-refractivity contribution in [3.8, 4) is 0 Å². The summed E-state index contributed by atoms with van der Waals surface area (Å²) in [7, 11) is 1.39. The first-order valence-electron chi connectivity index (χ1n) is 6.59. The summed E-state index contributed by atoms with van der Waals surface area (Å²) in [6.07, 6.45) is 4.52. The van der Waals surface area contributed by atoms with Crippen LogP contribution >= 0.6 is 0 Å². The summed E-state index contributed by atoms with van der Waals surface area (Å²) in [4.78, 5) is 13.9. The maximum atomic E-state index is 11.4. The molecule has 2 unspecified atom stereocenters. The predicted octanol–water partition coefficient (Wildman–Crippen LogP) is 1.39. The molecule has 0 saturated carbocycles. The molecule has 1 aliphatic heterocycles. The van der Waals surface area contributed by atoms with Crippen molar-refractivity contribution in [1.29, 1.82) is 0 Å². The van der Waals surface area contributed by atoms with Crippen molar-refractivity contribution >= 4 is 5.97 Å². The molecule has 0 aromatic rings. The van der Waals surface area contributed by atoms with E-state index in [1.807, 2.05) is 0 Å². The highest BCUT2D eigenvalue weighted by Gasteiger charge is 2.31. The molecule has 0 spiro atoms. The standard InChI is InChI=1S/C13H26N2O2/c1-4-5-11-6-8-15(10-11)9-7-13(2,14)12(16)17-3/h11H,4-10,14H2,1-3H3. The first-order chi connectivity index (χ1) is 7.99. The predicted molar refractivity (Wildman–Crippen MR) is 68.7 cm³/mol. The van der Waals surface area contributed by atoms with Crippen LogP contribution in [0, 0.1) is 5.92 Å². The van der Waals surface area contributed by atoms with Crippen molar-refractivity contribution in [1.82, 2.24) is 4.90 Å². The molecule has 4 heteroatoms. The first kappa shape index (κ1) is 14.5. The summed E-state index contributed by atoms with van der Waals surface area (Å²) in [5.74, 6) is 0.518. The first-order valence-corrected chi connectivity index (χ1v) is 6.59. The van der Waals surface area contributed by atoms with Crippen molar-refractivity contribution in [2.45, 2.75) is 45.1 Å². The summed E-state index contributed by atoms with van der Waals surface area (Å²) in [5.41, 5.74) is 5.09. The van der Waals surface area contributed by atoms with Crippen LogP contribution in [-0.2, 0) is 9.53 Å². The highest BCUT2D eigenvalue weighted by molar-refractivity contribution is 5.79. The van der Waals surface area contributed by atoms with Gasteiger partial charge in [0.15, 0.2) is 0 Å². The quantitative estimate of drug-likeness (QED) is 0.715. The van der Waals surface area contributed by atoms with Gasteiger partial charge >= 0.3 is 5.97 Å². The van der Waals surface area contributed by atoms with E-state index in [-0.39, 0.29) is 5.97 Å². The second-order valence-electron chi connectivity index (χ2n) is 5.40. The van der Waals surface area contributed by atoms with Gasteiger partial charge in [0.1, 0.15) is 5.54 Å². The molecule has 100 valence electrons. The zero-order valence-electron chi connectivity index (χ0n) is 11.4. The van der Waals surface area contributed by atoms with E-state index in [2.05, 4.69) is 11.8 Å². The van der Waals surface area contributed by atoms with Crippen LogP contribution in [0.5, 0.6) is 0 Å². The third kappa shape index (κ3) is 4.28. The summed E-state index contributed by atoms with van der Waals surface area (Å²) in [6.45, 7) is 7.17. The van der Waals surface area contributed by atoms with Crippen LogP contribution in [-0.4, -0.2) is 43.2 Å². The highest BCUT2D eigenvalue weighted by Crippen LogP contribution is 2.21. The Morgan fingerprint density at radius 2 is 2.29 bits per heavy atom. The minimum atomic E-state index is -0.850. The molecule has 0 bridgehead atoms. The third-order valence-electron chi connectivity index (χ3n) is 3.67. The van der Waals surface area contributed by atoms with Gasteiger partial charge in [-0.25, -0.2) is 0 Å². The molecule has 1 rings (SSSR count). The van der Waals surface area contributed by atoms with Crippen LogP contribution in [0.2, 0.25) is 0 Å². The van der Waals surface area contributed by atoms with Gasteiger partial charge in [0, 0.05) is 13.1 Å². The van der Waals surface area contributed by atoms with E-state index in [0.717, 1.165) is 25.6 Å². The van der Waals surface area contributed by atoms with E-state index < -0.39 is 5.54 Å². The van der Waals surface area contributed by atoms with Crippen molar-refractivity contribution < 1.29 is 9.53 Å². The molecule has 0 aromatic heterocycles. The fourth-order valence-corrected chi connectivity index (χ4v) is 2.49. The Morgan fingerprint density at radius 1 is 1.59 bits per heavy atom. The number of carbonyl (C=O) groups excluding carboxylic acids is 1. The van der Waals surface area contributed by atoms with Gasteiger partial charge in [-0.3, -0.25) is 4.79 Å². The Morgan fingerprint density at radius 3 is 2.88 bits per heavy atom.